The zero-order chi connectivity index (χ0) is 13.1. The highest BCUT2D eigenvalue weighted by Crippen LogP contribution is 2.16. The van der Waals surface area contributed by atoms with Gasteiger partial charge in [0.25, 0.3) is 0 Å². The summed E-state index contributed by atoms with van der Waals surface area (Å²) in [4.78, 5) is 10.5. The van der Waals surface area contributed by atoms with Gasteiger partial charge in [0.2, 0.25) is 0 Å². The van der Waals surface area contributed by atoms with Crippen LogP contribution in [-0.2, 0) is 8.85 Å². The van der Waals surface area contributed by atoms with Crippen molar-refractivity contribution in [3.63, 3.8) is 0 Å². The van der Waals surface area contributed by atoms with E-state index in [-0.39, 0.29) is 0 Å². The highest BCUT2D eigenvalue weighted by molar-refractivity contribution is 6.66. The molecule has 0 rings (SSSR count). The van der Waals surface area contributed by atoms with Gasteiger partial charge in [0, 0.05) is 19.8 Å². The number of nitrogens with one attached hydrogen (secondary N) is 1. The Morgan fingerprint density at radius 1 is 1.24 bits per heavy atom. The maximum Gasteiger partial charge on any atom is 0.334 e. The highest BCUT2D eigenvalue weighted by atomic mass is 28.4. The molecule has 0 heterocycles. The number of nitrogens with two attached hydrogens (primary N) is 1. The Morgan fingerprint density at radius 2 is 1.76 bits per heavy atom. The van der Waals surface area contributed by atoms with E-state index in [9.17, 15) is 4.79 Å². The smallest absolute Gasteiger partial charge is 0.334 e. The molecule has 102 valence electrons. The largest absolute Gasteiger partial charge is 0.394 e. The highest BCUT2D eigenvalue weighted by Gasteiger charge is 2.30. The van der Waals surface area contributed by atoms with Crippen LogP contribution in [0, 0.1) is 0 Å². The van der Waals surface area contributed by atoms with Gasteiger partial charge in [-0.05, 0) is 31.9 Å². The lowest BCUT2D eigenvalue weighted by molar-refractivity contribution is 0.172. The van der Waals surface area contributed by atoms with Crippen LogP contribution in [0.1, 0.15) is 33.1 Å². The van der Waals surface area contributed by atoms with Gasteiger partial charge in [-0.25, -0.2) is 4.79 Å². The van der Waals surface area contributed by atoms with E-state index in [2.05, 4.69) is 25.7 Å². The first-order valence-corrected chi connectivity index (χ1v) is 8.87. The van der Waals surface area contributed by atoms with Gasteiger partial charge in [0.05, 0.1) is 0 Å². The first-order valence-electron chi connectivity index (χ1n) is 6.35. The number of carbonyl (C=O) groups excluding carboxylic acids is 1. The molecule has 6 heteroatoms. The summed E-state index contributed by atoms with van der Waals surface area (Å²) in [5, 5.41) is 2.58. The van der Waals surface area contributed by atoms with Crippen molar-refractivity contribution in [3.8, 4) is 0 Å². The Balaban J connectivity index is 3.94. The molecule has 0 aromatic rings. The summed E-state index contributed by atoms with van der Waals surface area (Å²) in [6.45, 7) is 8.34. The second-order valence-electron chi connectivity index (χ2n) is 4.23. The molecule has 0 aliphatic rings. The Labute approximate surface area is 105 Å². The average Bonchev–Trinajstić information content (AvgIpc) is 2.30. The summed E-state index contributed by atoms with van der Waals surface area (Å²) in [6.07, 6.45) is 2.84. The fourth-order valence-corrected chi connectivity index (χ4v) is 3.91. The van der Waals surface area contributed by atoms with Crippen molar-refractivity contribution < 1.29 is 13.6 Å². The van der Waals surface area contributed by atoms with E-state index < -0.39 is 14.6 Å². The molecule has 0 spiro atoms. The van der Waals surface area contributed by atoms with E-state index in [0.29, 0.717) is 6.54 Å². The molecule has 0 bridgehead atoms. The van der Waals surface area contributed by atoms with Crippen LogP contribution in [0.3, 0.4) is 0 Å². The van der Waals surface area contributed by atoms with E-state index in [4.69, 9.17) is 14.6 Å². The molecule has 0 aliphatic heterocycles. The first kappa shape index (κ1) is 16.4. The summed E-state index contributed by atoms with van der Waals surface area (Å²) < 4.78 is 11.7. The van der Waals surface area contributed by atoms with Crippen LogP contribution in [0.4, 0.5) is 4.79 Å². The predicted molar refractivity (Wildman–Crippen MR) is 71.1 cm³/mol. The number of carbonyl (C=O) groups is 1. The molecule has 3 N–H and O–H groups in total. The molecular formula is C11H26N2O3Si. The standard InChI is InChI=1S/C11H26N2O3Si/c1-4-8-15-17(3,16-9-5-2)10-6-7-13-11(12)14/h4-10H2,1-3H3,(H3,12,13,14). The van der Waals surface area contributed by atoms with Crippen LogP contribution in [-0.4, -0.2) is 34.4 Å². The minimum atomic E-state index is -2.06. The summed E-state index contributed by atoms with van der Waals surface area (Å²) in [7, 11) is -2.06. The maximum absolute atomic E-state index is 10.5. The van der Waals surface area contributed by atoms with Crippen molar-refractivity contribution in [2.75, 3.05) is 19.8 Å². The van der Waals surface area contributed by atoms with Gasteiger partial charge < -0.3 is 19.9 Å². The topological polar surface area (TPSA) is 73.6 Å². The van der Waals surface area contributed by atoms with Crippen molar-refractivity contribution >= 4 is 14.6 Å². The molecule has 0 aromatic carbocycles. The minimum absolute atomic E-state index is 0.475. The van der Waals surface area contributed by atoms with Gasteiger partial charge >= 0.3 is 14.6 Å². The molecular weight excluding hydrogens is 236 g/mol. The van der Waals surface area contributed by atoms with Gasteiger partial charge in [-0.15, -0.1) is 0 Å². The molecule has 0 aliphatic carbocycles. The van der Waals surface area contributed by atoms with Gasteiger partial charge in [0.1, 0.15) is 0 Å². The van der Waals surface area contributed by atoms with E-state index in [1.807, 2.05) is 0 Å². The molecule has 5 nitrogen and oxygen atoms in total. The van der Waals surface area contributed by atoms with Crippen molar-refractivity contribution in [2.45, 2.75) is 45.7 Å². The SMILES string of the molecule is CCCO[Si](C)(CCCNC(N)=O)OCCC. The van der Waals surface area contributed by atoms with Gasteiger partial charge in [-0.2, -0.15) is 0 Å². The van der Waals surface area contributed by atoms with Gasteiger partial charge in [0.15, 0.2) is 0 Å². The number of hydrogen-bond acceptors (Lipinski definition) is 3. The molecule has 0 saturated heterocycles. The molecule has 0 radical (unpaired) electrons. The monoisotopic (exact) mass is 262 g/mol. The number of rotatable bonds is 10. The molecule has 0 atom stereocenters. The average molecular weight is 262 g/mol. The molecule has 17 heavy (non-hydrogen) atoms. The summed E-state index contributed by atoms with van der Waals surface area (Å²) in [6, 6.07) is 0.408. The van der Waals surface area contributed by atoms with E-state index in [1.165, 1.54) is 0 Å². The number of hydrogen-bond donors (Lipinski definition) is 2. The molecule has 0 aromatic heterocycles. The van der Waals surface area contributed by atoms with Crippen molar-refractivity contribution in [1.29, 1.82) is 0 Å². The number of urea groups is 1. The lowest BCUT2D eigenvalue weighted by Crippen LogP contribution is -2.40. The van der Waals surface area contributed by atoms with Crippen molar-refractivity contribution in [1.82, 2.24) is 5.32 Å². The lowest BCUT2D eigenvalue weighted by Gasteiger charge is -2.26. The lowest BCUT2D eigenvalue weighted by atomic mass is 10.5. The third-order valence-electron chi connectivity index (χ3n) is 2.33. The molecule has 0 saturated carbocycles. The second kappa shape index (κ2) is 9.44. The van der Waals surface area contributed by atoms with Crippen LogP contribution in [0.25, 0.3) is 0 Å². The minimum Gasteiger partial charge on any atom is -0.394 e. The first-order chi connectivity index (χ1) is 8.04. The maximum atomic E-state index is 10.5. The van der Waals surface area contributed by atoms with Crippen molar-refractivity contribution in [3.05, 3.63) is 0 Å². The Kier molecular flexibility index (Phi) is 9.11. The Bertz CT molecular complexity index is 207. The van der Waals surface area contributed by atoms with Crippen LogP contribution < -0.4 is 11.1 Å². The third-order valence-corrected chi connectivity index (χ3v) is 5.22. The normalized spacial score (nSPS) is 11.5. The Morgan fingerprint density at radius 3 is 2.18 bits per heavy atom. The molecule has 0 fully saturated rings. The van der Waals surface area contributed by atoms with Crippen LogP contribution in [0.15, 0.2) is 0 Å². The van der Waals surface area contributed by atoms with E-state index in [1.54, 1.807) is 0 Å². The van der Waals surface area contributed by atoms with Crippen molar-refractivity contribution in [2.24, 2.45) is 5.73 Å². The number of amides is 2. The summed E-state index contributed by atoms with van der Waals surface area (Å²) in [5.74, 6) is 0. The number of primary amides is 1. The fourth-order valence-electron chi connectivity index (χ4n) is 1.44. The summed E-state index contributed by atoms with van der Waals surface area (Å²) >= 11 is 0. The fraction of sp³-hybridized carbons (Fsp3) is 0.909. The second-order valence-corrected chi connectivity index (χ2v) is 7.57. The van der Waals surface area contributed by atoms with E-state index in [0.717, 1.165) is 38.5 Å². The molecule has 0 unspecified atom stereocenters. The Hall–Kier alpha value is -0.593. The zero-order valence-electron chi connectivity index (χ0n) is 11.3. The van der Waals surface area contributed by atoms with Crippen LogP contribution >= 0.6 is 0 Å². The van der Waals surface area contributed by atoms with E-state index >= 15 is 0 Å². The van der Waals surface area contributed by atoms with Gasteiger partial charge in [-0.1, -0.05) is 13.8 Å². The summed E-state index contributed by atoms with van der Waals surface area (Å²) in [5.41, 5.74) is 5.00. The third kappa shape index (κ3) is 9.14. The van der Waals surface area contributed by atoms with Gasteiger partial charge in [-0.3, -0.25) is 0 Å². The quantitative estimate of drug-likeness (QED) is 0.467. The molecule has 2 amide bonds. The zero-order valence-corrected chi connectivity index (χ0v) is 12.3. The van der Waals surface area contributed by atoms with Crippen LogP contribution in [0.2, 0.25) is 12.6 Å². The predicted octanol–water partition coefficient (Wildman–Crippen LogP) is 1.97. The van der Waals surface area contributed by atoms with Crippen LogP contribution in [0.5, 0.6) is 0 Å².